The molecule has 2 rings (SSSR count). The Hall–Kier alpha value is -2.00. The first kappa shape index (κ1) is 20.3. The van der Waals surface area contributed by atoms with Gasteiger partial charge in [-0.1, -0.05) is 0 Å². The van der Waals surface area contributed by atoms with E-state index in [1.165, 1.54) is 16.4 Å². The van der Waals surface area contributed by atoms with Crippen molar-refractivity contribution in [1.29, 1.82) is 0 Å². The summed E-state index contributed by atoms with van der Waals surface area (Å²) in [5.74, 6) is -1.68. The minimum absolute atomic E-state index is 0.00403. The summed E-state index contributed by atoms with van der Waals surface area (Å²) in [5.41, 5.74) is 0. The monoisotopic (exact) mass is 385 g/mol. The van der Waals surface area contributed by atoms with Crippen LogP contribution >= 0.6 is 0 Å². The van der Waals surface area contributed by atoms with Gasteiger partial charge >= 0.3 is 0 Å². The third kappa shape index (κ3) is 4.79. The van der Waals surface area contributed by atoms with E-state index in [0.717, 1.165) is 12.1 Å². The lowest BCUT2D eigenvalue weighted by atomic mass is 9.98. The average Bonchev–Trinajstić information content (AvgIpc) is 2.62. The lowest BCUT2D eigenvalue weighted by molar-refractivity contribution is -0.131. The summed E-state index contributed by atoms with van der Waals surface area (Å²) in [5, 5.41) is 5.25. The van der Waals surface area contributed by atoms with E-state index in [1.54, 1.807) is 13.8 Å². The molecule has 1 aliphatic heterocycles. The van der Waals surface area contributed by atoms with Gasteiger partial charge in [0.25, 0.3) is 0 Å². The molecule has 1 heterocycles. The van der Waals surface area contributed by atoms with Crippen molar-refractivity contribution in [1.82, 2.24) is 14.9 Å². The van der Waals surface area contributed by atoms with Gasteiger partial charge in [-0.3, -0.25) is 9.59 Å². The quantitative estimate of drug-likeness (QED) is 0.759. The number of amides is 2. The molecule has 0 aliphatic carbocycles. The minimum Gasteiger partial charge on any atom is -0.355 e. The number of sulfonamides is 1. The number of likely N-dealkylation sites (N-methyl/N-ethyl adjacent to an activating group) is 1. The fraction of sp³-hybridized carbons (Fsp3) is 0.529. The Morgan fingerprint density at radius 1 is 1.31 bits per heavy atom. The van der Waals surface area contributed by atoms with Crippen LogP contribution in [-0.4, -0.2) is 50.2 Å². The van der Waals surface area contributed by atoms with Gasteiger partial charge in [0, 0.05) is 19.6 Å². The Labute approximate surface area is 153 Å². The first-order chi connectivity index (χ1) is 12.3. The molecule has 0 saturated carbocycles. The molecule has 2 amide bonds. The van der Waals surface area contributed by atoms with Gasteiger partial charge < -0.3 is 10.6 Å². The molecule has 1 saturated heterocycles. The summed E-state index contributed by atoms with van der Waals surface area (Å²) >= 11 is 0. The highest BCUT2D eigenvalue weighted by Crippen LogP contribution is 2.24. The lowest BCUT2D eigenvalue weighted by Gasteiger charge is -2.31. The maximum absolute atomic E-state index is 13.0. The number of piperidine rings is 1. The van der Waals surface area contributed by atoms with E-state index in [4.69, 9.17) is 0 Å². The normalized spacial score (nSPS) is 19.6. The van der Waals surface area contributed by atoms with Crippen molar-refractivity contribution in [2.24, 2.45) is 5.92 Å². The van der Waals surface area contributed by atoms with Crippen molar-refractivity contribution in [3.05, 3.63) is 30.1 Å². The van der Waals surface area contributed by atoms with Crippen molar-refractivity contribution in [3.8, 4) is 0 Å². The van der Waals surface area contributed by atoms with Crippen LogP contribution in [0.15, 0.2) is 29.2 Å². The van der Waals surface area contributed by atoms with Crippen LogP contribution in [0.3, 0.4) is 0 Å². The number of hydrogen-bond acceptors (Lipinski definition) is 4. The molecule has 144 valence electrons. The summed E-state index contributed by atoms with van der Waals surface area (Å²) in [4.78, 5) is 24.1. The maximum Gasteiger partial charge on any atom is 0.243 e. The first-order valence-electron chi connectivity index (χ1n) is 8.59. The van der Waals surface area contributed by atoms with Crippen LogP contribution in [0.5, 0.6) is 0 Å². The SMILES string of the molecule is CCNC(=O)[C@H](C)NC(=O)[C@H]1CCCN(S(=O)(=O)c2ccc(F)cc2)C1. The molecule has 1 fully saturated rings. The molecule has 1 aromatic rings. The summed E-state index contributed by atoms with van der Waals surface area (Å²) < 4.78 is 39.7. The number of rotatable bonds is 6. The van der Waals surface area contributed by atoms with E-state index in [-0.39, 0.29) is 23.3 Å². The van der Waals surface area contributed by atoms with Crippen molar-refractivity contribution >= 4 is 21.8 Å². The summed E-state index contributed by atoms with van der Waals surface area (Å²) in [6.07, 6.45) is 1.08. The Bertz CT molecular complexity index is 752. The number of benzene rings is 1. The number of nitrogens with zero attached hydrogens (tertiary/aromatic N) is 1. The van der Waals surface area contributed by atoms with Gasteiger partial charge in [0.2, 0.25) is 21.8 Å². The van der Waals surface area contributed by atoms with Crippen LogP contribution < -0.4 is 10.6 Å². The molecule has 0 unspecified atom stereocenters. The molecule has 9 heteroatoms. The highest BCUT2D eigenvalue weighted by Gasteiger charge is 2.34. The van der Waals surface area contributed by atoms with E-state index in [2.05, 4.69) is 10.6 Å². The van der Waals surface area contributed by atoms with Gasteiger partial charge in [-0.15, -0.1) is 0 Å². The number of halogens is 1. The van der Waals surface area contributed by atoms with Crippen LogP contribution in [0.4, 0.5) is 4.39 Å². The molecule has 2 N–H and O–H groups in total. The Morgan fingerprint density at radius 3 is 2.58 bits per heavy atom. The van der Waals surface area contributed by atoms with Gasteiger partial charge in [-0.2, -0.15) is 4.31 Å². The highest BCUT2D eigenvalue weighted by molar-refractivity contribution is 7.89. The molecule has 26 heavy (non-hydrogen) atoms. The van der Waals surface area contributed by atoms with Gasteiger partial charge in [0.15, 0.2) is 0 Å². The average molecular weight is 385 g/mol. The van der Waals surface area contributed by atoms with Crippen LogP contribution in [0.25, 0.3) is 0 Å². The zero-order valence-corrected chi connectivity index (χ0v) is 15.7. The number of carbonyl (C=O) groups excluding carboxylic acids is 2. The van der Waals surface area contributed by atoms with Crippen LogP contribution in [0, 0.1) is 11.7 Å². The Balaban J connectivity index is 2.05. The van der Waals surface area contributed by atoms with Gasteiger partial charge in [-0.05, 0) is 51.0 Å². The fourth-order valence-corrected chi connectivity index (χ4v) is 4.38. The second-order valence-corrected chi connectivity index (χ2v) is 8.22. The van der Waals surface area contributed by atoms with Crippen LogP contribution in [0.1, 0.15) is 26.7 Å². The largest absolute Gasteiger partial charge is 0.355 e. The zero-order valence-electron chi connectivity index (χ0n) is 14.9. The number of hydrogen-bond donors (Lipinski definition) is 2. The number of carbonyl (C=O) groups is 2. The molecule has 0 spiro atoms. The van der Waals surface area contributed by atoms with E-state index in [9.17, 15) is 22.4 Å². The third-order valence-electron chi connectivity index (χ3n) is 4.31. The van der Waals surface area contributed by atoms with Crippen molar-refractivity contribution < 1.29 is 22.4 Å². The maximum atomic E-state index is 13.0. The predicted molar refractivity (Wildman–Crippen MR) is 94.2 cm³/mol. The molecular weight excluding hydrogens is 361 g/mol. The topological polar surface area (TPSA) is 95.6 Å². The zero-order chi connectivity index (χ0) is 19.3. The number of nitrogens with one attached hydrogen (secondary N) is 2. The molecule has 0 aromatic heterocycles. The molecule has 1 aliphatic rings. The van der Waals surface area contributed by atoms with Crippen molar-refractivity contribution in [3.63, 3.8) is 0 Å². The predicted octanol–water partition coefficient (Wildman–Crippen LogP) is 0.867. The van der Waals surface area contributed by atoms with Crippen LogP contribution in [-0.2, 0) is 19.6 Å². The lowest BCUT2D eigenvalue weighted by Crippen LogP contribution is -2.50. The van der Waals surface area contributed by atoms with E-state index < -0.39 is 27.8 Å². The molecular formula is C17H24FN3O4S. The van der Waals surface area contributed by atoms with E-state index in [1.807, 2.05) is 0 Å². The van der Waals surface area contributed by atoms with Gasteiger partial charge in [0.1, 0.15) is 11.9 Å². The molecule has 0 radical (unpaired) electrons. The van der Waals surface area contributed by atoms with Crippen molar-refractivity contribution in [2.45, 2.75) is 37.6 Å². The minimum atomic E-state index is -3.79. The van der Waals surface area contributed by atoms with Crippen LogP contribution in [0.2, 0.25) is 0 Å². The second kappa shape index (κ2) is 8.59. The van der Waals surface area contributed by atoms with E-state index >= 15 is 0 Å². The first-order valence-corrected chi connectivity index (χ1v) is 10.0. The summed E-state index contributed by atoms with van der Waals surface area (Å²) in [7, 11) is -3.79. The van der Waals surface area contributed by atoms with E-state index in [0.29, 0.717) is 25.9 Å². The standard InChI is InChI=1S/C17H24FN3O4S/c1-3-19-16(22)12(2)20-17(23)13-5-4-10-21(11-13)26(24,25)15-8-6-14(18)7-9-15/h6-9,12-13H,3-5,10-11H2,1-2H3,(H,19,22)(H,20,23)/t12-,13-/m0/s1. The molecule has 2 atom stereocenters. The van der Waals surface area contributed by atoms with Crippen molar-refractivity contribution in [2.75, 3.05) is 19.6 Å². The smallest absolute Gasteiger partial charge is 0.243 e. The summed E-state index contributed by atoms with van der Waals surface area (Å²) in [6, 6.07) is 3.92. The molecule has 1 aromatic carbocycles. The summed E-state index contributed by atoms with van der Waals surface area (Å²) in [6.45, 7) is 4.17. The molecule has 7 nitrogen and oxygen atoms in total. The molecule has 0 bridgehead atoms. The second-order valence-electron chi connectivity index (χ2n) is 6.28. The third-order valence-corrected chi connectivity index (χ3v) is 6.19. The Morgan fingerprint density at radius 2 is 1.96 bits per heavy atom. The Kier molecular flexibility index (Phi) is 6.71. The highest BCUT2D eigenvalue weighted by atomic mass is 32.2. The fourth-order valence-electron chi connectivity index (χ4n) is 2.85. The van der Waals surface area contributed by atoms with Gasteiger partial charge in [-0.25, -0.2) is 12.8 Å². The van der Waals surface area contributed by atoms with Gasteiger partial charge in [0.05, 0.1) is 10.8 Å².